The van der Waals surface area contributed by atoms with E-state index < -0.39 is 0 Å². The quantitative estimate of drug-likeness (QED) is 0.661. The minimum Gasteiger partial charge on any atom is -0.391 e. The van der Waals surface area contributed by atoms with Crippen LogP contribution in [0.1, 0.15) is 39.0 Å². The maximum atomic E-state index is 11.9. The first-order valence-corrected chi connectivity index (χ1v) is 6.84. The lowest BCUT2D eigenvalue weighted by Crippen LogP contribution is -2.36. The van der Waals surface area contributed by atoms with E-state index >= 15 is 0 Å². The molecule has 1 saturated heterocycles. The van der Waals surface area contributed by atoms with Gasteiger partial charge in [-0.05, 0) is 44.2 Å². The highest BCUT2D eigenvalue weighted by Gasteiger charge is 2.57. The molecule has 2 atom stereocenters. The van der Waals surface area contributed by atoms with Crippen LogP contribution in [-0.2, 0) is 4.79 Å². The number of piperidine rings is 1. The normalized spacial score (nSPS) is 27.8. The van der Waals surface area contributed by atoms with E-state index in [9.17, 15) is 9.90 Å². The van der Waals surface area contributed by atoms with Crippen molar-refractivity contribution in [1.29, 1.82) is 0 Å². The van der Waals surface area contributed by atoms with Crippen molar-refractivity contribution in [3.63, 3.8) is 0 Å². The highest BCUT2D eigenvalue weighted by atomic mass is 16.3. The lowest BCUT2D eigenvalue weighted by molar-refractivity contribution is -0.123. The zero-order valence-electron chi connectivity index (χ0n) is 10.7. The number of aliphatic hydroxyl groups excluding tert-OH is 1. The molecule has 17 heavy (non-hydrogen) atoms. The average molecular weight is 240 g/mol. The highest BCUT2D eigenvalue weighted by molar-refractivity contribution is 5.82. The molecular weight excluding hydrogens is 216 g/mol. The summed E-state index contributed by atoms with van der Waals surface area (Å²) in [5, 5.41) is 15.8. The van der Waals surface area contributed by atoms with Gasteiger partial charge < -0.3 is 15.7 Å². The number of carbonyl (C=O) groups excluding carboxylic acids is 1. The fourth-order valence-electron chi connectivity index (χ4n) is 2.97. The van der Waals surface area contributed by atoms with E-state index in [1.54, 1.807) is 0 Å². The van der Waals surface area contributed by atoms with E-state index in [4.69, 9.17) is 0 Å². The number of rotatable bonds is 5. The lowest BCUT2D eigenvalue weighted by Gasteiger charge is -2.23. The average Bonchev–Trinajstić information content (AvgIpc) is 3.01. The van der Waals surface area contributed by atoms with Crippen LogP contribution in [0.5, 0.6) is 0 Å². The lowest BCUT2D eigenvalue weighted by atomic mass is 9.92. The Morgan fingerprint density at radius 2 is 2.24 bits per heavy atom. The Labute approximate surface area is 103 Å². The Balaban J connectivity index is 1.71. The van der Waals surface area contributed by atoms with Gasteiger partial charge in [-0.1, -0.05) is 13.3 Å². The first-order valence-electron chi connectivity index (χ1n) is 6.84. The molecule has 0 radical (unpaired) electrons. The molecule has 98 valence electrons. The molecule has 0 aromatic rings. The van der Waals surface area contributed by atoms with E-state index in [1.165, 1.54) is 0 Å². The van der Waals surface area contributed by atoms with E-state index in [0.29, 0.717) is 12.0 Å². The number of amides is 1. The summed E-state index contributed by atoms with van der Waals surface area (Å²) >= 11 is 0. The van der Waals surface area contributed by atoms with Crippen LogP contribution in [0.4, 0.5) is 0 Å². The van der Waals surface area contributed by atoms with Crippen molar-refractivity contribution >= 4 is 5.91 Å². The van der Waals surface area contributed by atoms with E-state index in [-0.39, 0.29) is 17.9 Å². The molecule has 2 aliphatic rings. The molecule has 4 heteroatoms. The minimum absolute atomic E-state index is 0.155. The van der Waals surface area contributed by atoms with Gasteiger partial charge in [0.2, 0.25) is 5.91 Å². The Morgan fingerprint density at radius 3 is 2.88 bits per heavy atom. The molecule has 1 aliphatic heterocycles. The van der Waals surface area contributed by atoms with Gasteiger partial charge in [0.25, 0.3) is 0 Å². The van der Waals surface area contributed by atoms with Crippen LogP contribution in [0.2, 0.25) is 0 Å². The predicted molar refractivity (Wildman–Crippen MR) is 66.6 cm³/mol. The molecular formula is C13H24N2O2. The van der Waals surface area contributed by atoms with Crippen LogP contribution in [0.15, 0.2) is 0 Å². The molecule has 2 unspecified atom stereocenters. The Hall–Kier alpha value is -0.610. The van der Waals surface area contributed by atoms with Crippen LogP contribution in [0, 0.1) is 11.3 Å². The third-order valence-electron chi connectivity index (χ3n) is 4.24. The number of hydrogen-bond acceptors (Lipinski definition) is 3. The van der Waals surface area contributed by atoms with Crippen molar-refractivity contribution in [2.24, 2.45) is 11.3 Å². The Kier molecular flexibility index (Phi) is 4.05. The summed E-state index contributed by atoms with van der Waals surface area (Å²) in [7, 11) is 0. The summed E-state index contributed by atoms with van der Waals surface area (Å²) in [6.07, 6.45) is 4.64. The van der Waals surface area contributed by atoms with E-state index in [2.05, 4.69) is 10.6 Å². The smallest absolute Gasteiger partial charge is 0.223 e. The molecule has 1 heterocycles. The van der Waals surface area contributed by atoms with Crippen molar-refractivity contribution in [2.45, 2.75) is 45.1 Å². The maximum Gasteiger partial charge on any atom is 0.223 e. The van der Waals surface area contributed by atoms with Gasteiger partial charge in [0.15, 0.2) is 0 Å². The summed E-state index contributed by atoms with van der Waals surface area (Å²) < 4.78 is 0. The molecule has 2 rings (SSSR count). The zero-order chi connectivity index (χ0) is 12.3. The fourth-order valence-corrected chi connectivity index (χ4v) is 2.97. The standard InChI is InChI=1S/C13H24N2O2/c1-2-3-10(16)9-15-12(17)11-8-13(11)4-6-14-7-5-13/h10-11,14,16H,2-9H2,1H3,(H,15,17). The molecule has 1 spiro atoms. The van der Waals surface area contributed by atoms with Crippen molar-refractivity contribution in [3.8, 4) is 0 Å². The van der Waals surface area contributed by atoms with Crippen LogP contribution >= 0.6 is 0 Å². The van der Waals surface area contributed by atoms with Crippen LogP contribution < -0.4 is 10.6 Å². The summed E-state index contributed by atoms with van der Waals surface area (Å²) in [6.45, 7) is 4.54. The zero-order valence-corrected chi connectivity index (χ0v) is 10.7. The predicted octanol–water partition coefficient (Wildman–Crippen LogP) is 0.653. The van der Waals surface area contributed by atoms with Gasteiger partial charge in [-0.3, -0.25) is 4.79 Å². The number of carbonyl (C=O) groups is 1. The Morgan fingerprint density at radius 1 is 1.53 bits per heavy atom. The largest absolute Gasteiger partial charge is 0.391 e. The van der Waals surface area contributed by atoms with Crippen LogP contribution in [0.25, 0.3) is 0 Å². The number of hydrogen-bond donors (Lipinski definition) is 3. The highest BCUT2D eigenvalue weighted by Crippen LogP contribution is 2.58. The fraction of sp³-hybridized carbons (Fsp3) is 0.923. The first kappa shape index (κ1) is 12.8. The first-order chi connectivity index (χ1) is 8.18. The summed E-state index contributed by atoms with van der Waals surface area (Å²) in [5.74, 6) is 0.362. The van der Waals surface area contributed by atoms with Gasteiger partial charge in [-0.2, -0.15) is 0 Å². The molecule has 1 aliphatic carbocycles. The summed E-state index contributed by atoms with van der Waals surface area (Å²) in [6, 6.07) is 0. The molecule has 3 N–H and O–H groups in total. The van der Waals surface area contributed by atoms with Crippen molar-refractivity contribution in [2.75, 3.05) is 19.6 Å². The van der Waals surface area contributed by atoms with Crippen molar-refractivity contribution < 1.29 is 9.90 Å². The second kappa shape index (κ2) is 5.36. The van der Waals surface area contributed by atoms with Crippen LogP contribution in [-0.4, -0.2) is 36.8 Å². The summed E-state index contributed by atoms with van der Waals surface area (Å²) in [4.78, 5) is 11.9. The third-order valence-corrected chi connectivity index (χ3v) is 4.24. The molecule has 0 aromatic carbocycles. The molecule has 0 aromatic heterocycles. The third kappa shape index (κ3) is 2.99. The van der Waals surface area contributed by atoms with Gasteiger partial charge >= 0.3 is 0 Å². The molecule has 1 saturated carbocycles. The molecule has 1 amide bonds. The summed E-state index contributed by atoms with van der Waals surface area (Å²) in [5.41, 5.74) is 0.297. The minimum atomic E-state index is -0.383. The van der Waals surface area contributed by atoms with Crippen molar-refractivity contribution in [3.05, 3.63) is 0 Å². The molecule has 2 fully saturated rings. The van der Waals surface area contributed by atoms with Gasteiger partial charge in [-0.25, -0.2) is 0 Å². The number of nitrogens with one attached hydrogen (secondary N) is 2. The van der Waals surface area contributed by atoms with Crippen molar-refractivity contribution in [1.82, 2.24) is 10.6 Å². The van der Waals surface area contributed by atoms with Crippen LogP contribution in [0.3, 0.4) is 0 Å². The van der Waals surface area contributed by atoms with Gasteiger partial charge in [0.05, 0.1) is 6.10 Å². The second-order valence-electron chi connectivity index (χ2n) is 5.56. The van der Waals surface area contributed by atoms with Gasteiger partial charge in [0, 0.05) is 12.5 Å². The molecule has 0 bridgehead atoms. The van der Waals surface area contributed by atoms with E-state index in [0.717, 1.165) is 45.2 Å². The Bertz CT molecular complexity index is 275. The van der Waals surface area contributed by atoms with Gasteiger partial charge in [-0.15, -0.1) is 0 Å². The van der Waals surface area contributed by atoms with E-state index in [1.807, 2.05) is 6.92 Å². The second-order valence-corrected chi connectivity index (χ2v) is 5.56. The monoisotopic (exact) mass is 240 g/mol. The molecule has 4 nitrogen and oxygen atoms in total. The topological polar surface area (TPSA) is 61.4 Å². The number of aliphatic hydroxyl groups is 1. The maximum absolute atomic E-state index is 11.9. The SMILES string of the molecule is CCCC(O)CNC(=O)C1CC12CCNCC2. The van der Waals surface area contributed by atoms with Gasteiger partial charge in [0.1, 0.15) is 0 Å².